The van der Waals surface area contributed by atoms with Crippen molar-refractivity contribution < 1.29 is 8.78 Å². The highest BCUT2D eigenvalue weighted by atomic mass is 19.1. The van der Waals surface area contributed by atoms with Gasteiger partial charge in [-0.3, -0.25) is 0 Å². The van der Waals surface area contributed by atoms with E-state index in [0.29, 0.717) is 12.1 Å². The molecule has 0 bridgehead atoms. The highest BCUT2D eigenvalue weighted by Crippen LogP contribution is 2.20. The van der Waals surface area contributed by atoms with E-state index in [9.17, 15) is 8.78 Å². The Morgan fingerprint density at radius 1 is 1.26 bits per heavy atom. The van der Waals surface area contributed by atoms with Gasteiger partial charge in [0.05, 0.1) is 24.3 Å². The summed E-state index contributed by atoms with van der Waals surface area (Å²) in [7, 11) is 0. The molecule has 0 radical (unpaired) electrons. The summed E-state index contributed by atoms with van der Waals surface area (Å²) in [4.78, 5) is 4.06. The average molecular weight is 265 g/mol. The van der Waals surface area contributed by atoms with E-state index in [0.717, 1.165) is 5.69 Å². The molecule has 0 aliphatic heterocycles. The molecule has 0 saturated carbocycles. The molecule has 0 unspecified atom stereocenters. The summed E-state index contributed by atoms with van der Waals surface area (Å²) in [5.41, 5.74) is 1.39. The van der Waals surface area contributed by atoms with Crippen molar-refractivity contribution in [1.29, 1.82) is 0 Å². The fourth-order valence-electron chi connectivity index (χ4n) is 1.90. The minimum absolute atomic E-state index is 0.166. The van der Waals surface area contributed by atoms with Gasteiger partial charge >= 0.3 is 0 Å². The predicted octanol–water partition coefficient (Wildman–Crippen LogP) is 3.66. The number of nitrogens with zero attached hydrogens (tertiary/aromatic N) is 2. The first-order valence-electron chi connectivity index (χ1n) is 6.19. The maximum Gasteiger partial charge on any atom is 0.146 e. The molecule has 19 heavy (non-hydrogen) atoms. The van der Waals surface area contributed by atoms with Gasteiger partial charge in [-0.15, -0.1) is 0 Å². The minimum atomic E-state index is -0.450. The topological polar surface area (TPSA) is 29.9 Å². The third-order valence-electron chi connectivity index (χ3n) is 3.01. The number of nitrogens with one attached hydrogen (secondary N) is 1. The lowest BCUT2D eigenvalue weighted by Crippen LogP contribution is -2.09. The molecule has 1 aromatic heterocycles. The number of aromatic nitrogens is 2. The van der Waals surface area contributed by atoms with Gasteiger partial charge in [-0.05, 0) is 32.4 Å². The number of rotatable bonds is 4. The van der Waals surface area contributed by atoms with Crippen LogP contribution in [0.15, 0.2) is 24.7 Å². The van der Waals surface area contributed by atoms with E-state index in [-0.39, 0.29) is 11.7 Å². The van der Waals surface area contributed by atoms with Crippen molar-refractivity contribution in [2.45, 2.75) is 33.4 Å². The zero-order valence-corrected chi connectivity index (χ0v) is 11.2. The second-order valence-electron chi connectivity index (χ2n) is 4.82. The number of anilines is 1. The summed E-state index contributed by atoms with van der Waals surface area (Å²) in [5.74, 6) is -0.865. The SMILES string of the molecule is Cc1cc(F)c(NCc2cncn2C(C)C)cc1F. The molecule has 0 saturated heterocycles. The molecule has 3 nitrogen and oxygen atoms in total. The second kappa shape index (κ2) is 5.38. The third kappa shape index (κ3) is 2.92. The van der Waals surface area contributed by atoms with Gasteiger partial charge in [0.1, 0.15) is 11.6 Å². The Labute approximate surface area is 111 Å². The van der Waals surface area contributed by atoms with Gasteiger partial charge in [-0.1, -0.05) is 0 Å². The normalized spacial score (nSPS) is 11.1. The smallest absolute Gasteiger partial charge is 0.146 e. The number of hydrogen-bond donors (Lipinski definition) is 1. The van der Waals surface area contributed by atoms with Crippen molar-refractivity contribution in [2.24, 2.45) is 0 Å². The van der Waals surface area contributed by atoms with Crippen LogP contribution in [0.3, 0.4) is 0 Å². The van der Waals surface area contributed by atoms with Crippen LogP contribution in [0.2, 0.25) is 0 Å². The van der Waals surface area contributed by atoms with Gasteiger partial charge in [0.25, 0.3) is 0 Å². The molecule has 2 rings (SSSR count). The Balaban J connectivity index is 2.15. The predicted molar refractivity (Wildman–Crippen MR) is 71.0 cm³/mol. The van der Waals surface area contributed by atoms with E-state index in [4.69, 9.17) is 0 Å². The van der Waals surface area contributed by atoms with Crippen LogP contribution >= 0.6 is 0 Å². The molecule has 1 heterocycles. The highest BCUT2D eigenvalue weighted by molar-refractivity contribution is 5.47. The quantitative estimate of drug-likeness (QED) is 0.914. The molecule has 0 atom stereocenters. The molecule has 2 aromatic rings. The van der Waals surface area contributed by atoms with Crippen LogP contribution < -0.4 is 5.32 Å². The van der Waals surface area contributed by atoms with Gasteiger partial charge in [-0.2, -0.15) is 0 Å². The van der Waals surface area contributed by atoms with Crippen LogP contribution in [-0.4, -0.2) is 9.55 Å². The summed E-state index contributed by atoms with van der Waals surface area (Å²) in [6, 6.07) is 2.65. The first-order valence-corrected chi connectivity index (χ1v) is 6.19. The van der Waals surface area contributed by atoms with Crippen molar-refractivity contribution in [3.8, 4) is 0 Å². The fraction of sp³-hybridized carbons (Fsp3) is 0.357. The molecular formula is C14H17F2N3. The van der Waals surface area contributed by atoms with Gasteiger partial charge in [0.2, 0.25) is 0 Å². The van der Waals surface area contributed by atoms with Crippen LogP contribution in [0.1, 0.15) is 31.1 Å². The highest BCUT2D eigenvalue weighted by Gasteiger charge is 2.09. The molecule has 0 aliphatic rings. The van der Waals surface area contributed by atoms with Crippen molar-refractivity contribution in [3.63, 3.8) is 0 Å². The summed E-state index contributed by atoms with van der Waals surface area (Å²) < 4.78 is 29.1. The standard InChI is InChI=1S/C14H17F2N3/c1-9(2)19-8-17-6-11(19)7-18-14-5-12(15)10(3)4-13(14)16/h4-6,8-9,18H,7H2,1-3H3. The zero-order chi connectivity index (χ0) is 14.0. The van der Waals surface area contributed by atoms with Crippen molar-refractivity contribution in [3.05, 3.63) is 47.5 Å². The molecular weight excluding hydrogens is 248 g/mol. The lowest BCUT2D eigenvalue weighted by atomic mass is 10.2. The van der Waals surface area contributed by atoms with Crippen LogP contribution in [0.5, 0.6) is 0 Å². The lowest BCUT2D eigenvalue weighted by Gasteiger charge is -2.13. The van der Waals surface area contributed by atoms with Crippen molar-refractivity contribution >= 4 is 5.69 Å². The Morgan fingerprint density at radius 3 is 2.68 bits per heavy atom. The summed E-state index contributed by atoms with van der Waals surface area (Å²) in [6.45, 7) is 6.02. The Bertz CT molecular complexity index is 576. The largest absolute Gasteiger partial charge is 0.377 e. The number of halogens is 2. The molecule has 0 aliphatic carbocycles. The van der Waals surface area contributed by atoms with E-state index in [1.54, 1.807) is 12.5 Å². The summed E-state index contributed by atoms with van der Waals surface area (Å²) >= 11 is 0. The first-order chi connectivity index (χ1) is 8.99. The van der Waals surface area contributed by atoms with Crippen molar-refractivity contribution in [2.75, 3.05) is 5.32 Å². The number of imidazole rings is 1. The van der Waals surface area contributed by atoms with Crippen LogP contribution in [0.4, 0.5) is 14.5 Å². The lowest BCUT2D eigenvalue weighted by molar-refractivity contribution is 0.575. The summed E-state index contributed by atoms with van der Waals surface area (Å²) in [6.07, 6.45) is 3.45. The van der Waals surface area contributed by atoms with E-state index in [1.807, 2.05) is 18.4 Å². The monoisotopic (exact) mass is 265 g/mol. The number of aryl methyl sites for hydroxylation is 1. The van der Waals surface area contributed by atoms with E-state index in [1.165, 1.54) is 19.1 Å². The first kappa shape index (κ1) is 13.5. The second-order valence-corrected chi connectivity index (χ2v) is 4.82. The Morgan fingerprint density at radius 2 is 2.00 bits per heavy atom. The molecule has 1 N–H and O–H groups in total. The van der Waals surface area contributed by atoms with Gasteiger partial charge in [0, 0.05) is 18.3 Å². The van der Waals surface area contributed by atoms with Crippen LogP contribution in [-0.2, 0) is 6.54 Å². The van der Waals surface area contributed by atoms with Crippen LogP contribution in [0, 0.1) is 18.6 Å². The third-order valence-corrected chi connectivity index (χ3v) is 3.01. The maximum absolute atomic E-state index is 13.7. The summed E-state index contributed by atoms with van der Waals surface area (Å²) in [5, 5.41) is 2.90. The Kier molecular flexibility index (Phi) is 3.83. The molecule has 0 fully saturated rings. The number of benzene rings is 1. The zero-order valence-electron chi connectivity index (χ0n) is 11.2. The minimum Gasteiger partial charge on any atom is -0.377 e. The molecule has 1 aromatic carbocycles. The molecule has 102 valence electrons. The van der Waals surface area contributed by atoms with E-state index in [2.05, 4.69) is 10.3 Å². The molecule has 5 heteroatoms. The molecule has 0 amide bonds. The Hall–Kier alpha value is -1.91. The van der Waals surface area contributed by atoms with E-state index >= 15 is 0 Å². The number of hydrogen-bond acceptors (Lipinski definition) is 2. The average Bonchev–Trinajstić information content (AvgIpc) is 2.80. The maximum atomic E-state index is 13.7. The van der Waals surface area contributed by atoms with Gasteiger partial charge in [0.15, 0.2) is 0 Å². The van der Waals surface area contributed by atoms with Gasteiger partial charge < -0.3 is 9.88 Å². The van der Waals surface area contributed by atoms with Gasteiger partial charge in [-0.25, -0.2) is 13.8 Å². The van der Waals surface area contributed by atoms with Crippen molar-refractivity contribution in [1.82, 2.24) is 9.55 Å². The van der Waals surface area contributed by atoms with E-state index < -0.39 is 11.6 Å². The molecule has 0 spiro atoms. The van der Waals surface area contributed by atoms with Crippen LogP contribution in [0.25, 0.3) is 0 Å². The fourth-order valence-corrected chi connectivity index (χ4v) is 1.90.